The van der Waals surface area contributed by atoms with Gasteiger partial charge in [-0.2, -0.15) is 0 Å². The van der Waals surface area contributed by atoms with Gasteiger partial charge in [-0.15, -0.1) is 0 Å². The summed E-state index contributed by atoms with van der Waals surface area (Å²) < 4.78 is 0. The molecule has 1 aromatic carbocycles. The number of hydrogen-bond donors (Lipinski definition) is 2. The van der Waals surface area contributed by atoms with Gasteiger partial charge in [-0.05, 0) is 18.4 Å². The first kappa shape index (κ1) is 14.6. The molecule has 0 aliphatic rings. The fourth-order valence-electron chi connectivity index (χ4n) is 2.50. The molecule has 20 heavy (non-hydrogen) atoms. The van der Waals surface area contributed by atoms with Crippen molar-refractivity contribution in [1.82, 2.24) is 4.98 Å². The molecule has 3 nitrogen and oxygen atoms in total. The number of fused-ring (bicyclic) bond motifs is 1. The number of nitrogens with two attached hydrogens (primary N) is 1. The number of nitrogens with zero attached hydrogens (tertiary/aromatic N) is 1. The SMILES string of the molecule is CCCC[C@@H](Nc1c(N)cnc2ccccc12)C(C)C. The molecule has 0 spiro atoms. The number of nitrogen functional groups attached to an aromatic ring is 1. The Kier molecular flexibility index (Phi) is 4.83. The molecular formula is C17H25N3. The lowest BCUT2D eigenvalue weighted by Gasteiger charge is -2.25. The van der Waals surface area contributed by atoms with E-state index in [2.05, 4.69) is 37.1 Å². The van der Waals surface area contributed by atoms with Gasteiger partial charge in [-0.3, -0.25) is 4.98 Å². The van der Waals surface area contributed by atoms with Crippen LogP contribution in [0.15, 0.2) is 30.5 Å². The van der Waals surface area contributed by atoms with Gasteiger partial charge in [0.2, 0.25) is 0 Å². The Balaban J connectivity index is 2.33. The lowest BCUT2D eigenvalue weighted by molar-refractivity contribution is 0.478. The second-order valence-corrected chi connectivity index (χ2v) is 5.74. The van der Waals surface area contributed by atoms with Crippen molar-refractivity contribution < 1.29 is 0 Å². The Morgan fingerprint density at radius 3 is 2.70 bits per heavy atom. The first-order valence-corrected chi connectivity index (χ1v) is 7.53. The Bertz CT molecular complexity index is 563. The van der Waals surface area contributed by atoms with Crippen molar-refractivity contribution in [3.8, 4) is 0 Å². The number of unbranched alkanes of at least 4 members (excludes halogenated alkanes) is 1. The summed E-state index contributed by atoms with van der Waals surface area (Å²) in [7, 11) is 0. The highest BCUT2D eigenvalue weighted by Crippen LogP contribution is 2.30. The Labute approximate surface area is 121 Å². The van der Waals surface area contributed by atoms with Gasteiger partial charge in [0.05, 0.1) is 23.1 Å². The standard InChI is InChI=1S/C17H25N3/c1-4-5-9-15(12(2)3)20-17-13-8-6-7-10-16(13)19-11-14(17)18/h6-8,10-12,15H,4-5,9,18H2,1-3H3,(H,19,20)/t15-/m1/s1. The number of para-hydroxylation sites is 1. The molecule has 3 N–H and O–H groups in total. The summed E-state index contributed by atoms with van der Waals surface area (Å²) in [5, 5.41) is 4.77. The highest BCUT2D eigenvalue weighted by molar-refractivity contribution is 5.96. The van der Waals surface area contributed by atoms with Crippen LogP contribution in [0.1, 0.15) is 40.0 Å². The number of aromatic nitrogens is 1. The van der Waals surface area contributed by atoms with Crippen molar-refractivity contribution >= 4 is 22.3 Å². The van der Waals surface area contributed by atoms with E-state index < -0.39 is 0 Å². The number of benzene rings is 1. The zero-order valence-electron chi connectivity index (χ0n) is 12.7. The normalized spacial score (nSPS) is 12.8. The Morgan fingerprint density at radius 2 is 2.00 bits per heavy atom. The molecule has 2 aromatic rings. The zero-order valence-corrected chi connectivity index (χ0v) is 12.7. The number of pyridine rings is 1. The fourth-order valence-corrected chi connectivity index (χ4v) is 2.50. The Hall–Kier alpha value is -1.77. The molecule has 0 fully saturated rings. The predicted molar refractivity (Wildman–Crippen MR) is 87.9 cm³/mol. The van der Waals surface area contributed by atoms with Crippen molar-refractivity contribution in [3.63, 3.8) is 0 Å². The summed E-state index contributed by atoms with van der Waals surface area (Å²) in [4.78, 5) is 4.39. The number of hydrogen-bond acceptors (Lipinski definition) is 3. The van der Waals surface area contributed by atoms with Crippen LogP contribution in [0.3, 0.4) is 0 Å². The lowest BCUT2D eigenvalue weighted by Crippen LogP contribution is -2.26. The second-order valence-electron chi connectivity index (χ2n) is 5.74. The molecule has 1 heterocycles. The topological polar surface area (TPSA) is 50.9 Å². The van der Waals surface area contributed by atoms with Crippen molar-refractivity contribution in [2.75, 3.05) is 11.1 Å². The minimum atomic E-state index is 0.447. The molecule has 0 aliphatic heterocycles. The van der Waals surface area contributed by atoms with Gasteiger partial charge < -0.3 is 11.1 Å². The van der Waals surface area contributed by atoms with Crippen LogP contribution in [-0.2, 0) is 0 Å². The average molecular weight is 271 g/mol. The molecule has 3 heteroatoms. The van der Waals surface area contributed by atoms with E-state index in [0.29, 0.717) is 12.0 Å². The van der Waals surface area contributed by atoms with Crippen LogP contribution in [0.4, 0.5) is 11.4 Å². The smallest absolute Gasteiger partial charge is 0.0743 e. The second kappa shape index (κ2) is 6.60. The first-order valence-electron chi connectivity index (χ1n) is 7.53. The maximum atomic E-state index is 6.14. The molecule has 0 saturated carbocycles. The first-order chi connectivity index (χ1) is 9.63. The maximum absolute atomic E-state index is 6.14. The van der Waals surface area contributed by atoms with Crippen molar-refractivity contribution in [2.45, 2.75) is 46.1 Å². The van der Waals surface area contributed by atoms with E-state index in [0.717, 1.165) is 22.3 Å². The molecular weight excluding hydrogens is 246 g/mol. The molecule has 2 rings (SSSR count). The van der Waals surface area contributed by atoms with Crippen molar-refractivity contribution in [1.29, 1.82) is 0 Å². The summed E-state index contributed by atoms with van der Waals surface area (Å²) in [6.45, 7) is 6.74. The fraction of sp³-hybridized carbons (Fsp3) is 0.471. The number of anilines is 2. The van der Waals surface area contributed by atoms with Crippen LogP contribution in [0, 0.1) is 5.92 Å². The van der Waals surface area contributed by atoms with E-state index in [1.54, 1.807) is 6.20 Å². The number of rotatable bonds is 6. The minimum Gasteiger partial charge on any atom is -0.396 e. The van der Waals surface area contributed by atoms with E-state index in [4.69, 9.17) is 5.73 Å². The average Bonchev–Trinajstić information content (AvgIpc) is 2.45. The van der Waals surface area contributed by atoms with Gasteiger partial charge in [0.25, 0.3) is 0 Å². The maximum Gasteiger partial charge on any atom is 0.0743 e. The highest BCUT2D eigenvalue weighted by Gasteiger charge is 2.15. The molecule has 1 atom stereocenters. The largest absolute Gasteiger partial charge is 0.396 e. The summed E-state index contributed by atoms with van der Waals surface area (Å²) in [5.74, 6) is 0.577. The molecule has 0 aliphatic carbocycles. The third-order valence-corrected chi connectivity index (χ3v) is 3.81. The third kappa shape index (κ3) is 3.21. The molecule has 0 saturated heterocycles. The number of nitrogens with one attached hydrogen (secondary N) is 1. The monoisotopic (exact) mass is 271 g/mol. The molecule has 0 unspecified atom stereocenters. The van der Waals surface area contributed by atoms with Gasteiger partial charge in [0, 0.05) is 11.4 Å². The summed E-state index contributed by atoms with van der Waals surface area (Å²) >= 11 is 0. The van der Waals surface area contributed by atoms with E-state index in [1.807, 2.05) is 18.2 Å². The van der Waals surface area contributed by atoms with E-state index in [9.17, 15) is 0 Å². The van der Waals surface area contributed by atoms with Crippen molar-refractivity contribution in [2.24, 2.45) is 5.92 Å². The van der Waals surface area contributed by atoms with E-state index in [-0.39, 0.29) is 0 Å². The summed E-state index contributed by atoms with van der Waals surface area (Å²) in [6.07, 6.45) is 5.38. The van der Waals surface area contributed by atoms with Crippen LogP contribution in [-0.4, -0.2) is 11.0 Å². The third-order valence-electron chi connectivity index (χ3n) is 3.81. The van der Waals surface area contributed by atoms with E-state index in [1.165, 1.54) is 19.3 Å². The van der Waals surface area contributed by atoms with Gasteiger partial charge in [0.1, 0.15) is 0 Å². The summed E-state index contributed by atoms with van der Waals surface area (Å²) in [6, 6.07) is 8.59. The molecule has 0 radical (unpaired) electrons. The molecule has 1 aromatic heterocycles. The lowest BCUT2D eigenvalue weighted by atomic mass is 9.97. The van der Waals surface area contributed by atoms with Crippen LogP contribution < -0.4 is 11.1 Å². The van der Waals surface area contributed by atoms with Gasteiger partial charge in [-0.25, -0.2) is 0 Å². The molecule has 0 bridgehead atoms. The summed E-state index contributed by atoms with van der Waals surface area (Å²) in [5.41, 5.74) is 8.89. The van der Waals surface area contributed by atoms with Crippen LogP contribution in [0.25, 0.3) is 10.9 Å². The van der Waals surface area contributed by atoms with Gasteiger partial charge >= 0.3 is 0 Å². The zero-order chi connectivity index (χ0) is 14.5. The van der Waals surface area contributed by atoms with Crippen molar-refractivity contribution in [3.05, 3.63) is 30.5 Å². The molecule has 0 amide bonds. The predicted octanol–water partition coefficient (Wildman–Crippen LogP) is 4.44. The quantitative estimate of drug-likeness (QED) is 0.816. The van der Waals surface area contributed by atoms with Crippen LogP contribution >= 0.6 is 0 Å². The molecule has 108 valence electrons. The van der Waals surface area contributed by atoms with Gasteiger partial charge in [-0.1, -0.05) is 51.8 Å². The van der Waals surface area contributed by atoms with Crippen LogP contribution in [0.5, 0.6) is 0 Å². The van der Waals surface area contributed by atoms with Crippen LogP contribution in [0.2, 0.25) is 0 Å². The minimum absolute atomic E-state index is 0.447. The van der Waals surface area contributed by atoms with E-state index >= 15 is 0 Å². The van der Waals surface area contributed by atoms with Gasteiger partial charge in [0.15, 0.2) is 0 Å². The highest BCUT2D eigenvalue weighted by atomic mass is 15.0. The Morgan fingerprint density at radius 1 is 1.25 bits per heavy atom.